The van der Waals surface area contributed by atoms with Crippen LogP contribution in [0.4, 0.5) is 5.69 Å². The number of likely N-dealkylation sites (N-methyl/N-ethyl adjacent to an activating group) is 1. The molecule has 0 bridgehead atoms. The molecule has 10 heteroatoms. The molecule has 0 saturated carbocycles. The van der Waals surface area contributed by atoms with Gasteiger partial charge in [0.1, 0.15) is 4.88 Å². The van der Waals surface area contributed by atoms with Crippen molar-refractivity contribution >= 4 is 60.6 Å². The number of anilines is 1. The number of thiophene rings is 1. The van der Waals surface area contributed by atoms with E-state index in [9.17, 15) is 18.0 Å². The number of methoxy groups -OCH3 is 1. The van der Waals surface area contributed by atoms with Gasteiger partial charge in [-0.1, -0.05) is 18.5 Å². The summed E-state index contributed by atoms with van der Waals surface area (Å²) in [5.74, 6) is -0.898. The largest absolute Gasteiger partial charge is 0.465 e. The number of carbonyl (C=O) groups is 2. The number of sulfonamides is 1. The number of ether oxygens (including phenoxy) is 1. The van der Waals surface area contributed by atoms with Crippen molar-refractivity contribution in [2.45, 2.75) is 11.8 Å². The topological polar surface area (TPSA) is 92.8 Å². The molecule has 1 amide bonds. The van der Waals surface area contributed by atoms with Crippen LogP contribution in [-0.4, -0.2) is 44.8 Å². The van der Waals surface area contributed by atoms with Crippen LogP contribution in [0.2, 0.25) is 5.02 Å². The monoisotopic (exact) mass is 466 g/mol. The number of nitrogens with one attached hydrogen (secondary N) is 1. The number of rotatable bonds is 7. The Morgan fingerprint density at radius 3 is 2.47 bits per heavy atom. The van der Waals surface area contributed by atoms with Crippen molar-refractivity contribution in [1.29, 1.82) is 0 Å². The van der Waals surface area contributed by atoms with Crippen molar-refractivity contribution in [3.05, 3.63) is 58.4 Å². The fourth-order valence-electron chi connectivity index (χ4n) is 2.81. The molecule has 0 radical (unpaired) electrons. The number of esters is 1. The first-order valence-corrected chi connectivity index (χ1v) is 11.6. The van der Waals surface area contributed by atoms with Gasteiger partial charge in [0.25, 0.3) is 0 Å². The van der Waals surface area contributed by atoms with Gasteiger partial charge < -0.3 is 10.1 Å². The number of fused-ring (bicyclic) bond motifs is 1. The van der Waals surface area contributed by atoms with E-state index in [1.807, 2.05) is 0 Å². The van der Waals surface area contributed by atoms with Gasteiger partial charge in [-0.05, 0) is 53.9 Å². The number of nitrogens with zero attached hydrogens (tertiary/aromatic N) is 1. The number of hydrogen-bond donors (Lipinski definition) is 1. The number of hydrogen-bond acceptors (Lipinski definition) is 6. The molecule has 30 heavy (non-hydrogen) atoms. The molecule has 0 aliphatic rings. The second kappa shape index (κ2) is 9.13. The van der Waals surface area contributed by atoms with Crippen LogP contribution in [0.3, 0.4) is 0 Å². The van der Waals surface area contributed by atoms with E-state index in [4.69, 9.17) is 16.3 Å². The van der Waals surface area contributed by atoms with Gasteiger partial charge in [0.15, 0.2) is 0 Å². The van der Waals surface area contributed by atoms with Gasteiger partial charge in [-0.15, -0.1) is 11.3 Å². The quantitative estimate of drug-likeness (QED) is 0.531. The lowest BCUT2D eigenvalue weighted by molar-refractivity contribution is -0.116. The van der Waals surface area contributed by atoms with Crippen molar-refractivity contribution in [1.82, 2.24) is 4.31 Å². The lowest BCUT2D eigenvalue weighted by Gasteiger charge is -2.20. The standard InChI is InChI=1S/C20H19ClN2O5S2/c1-3-23(30(26,27)16-7-4-14(21)5-8-16)12-19(24)22-15-6-9-17-13(10-15)11-18(29-17)20(25)28-2/h4-11H,3,12H2,1-2H3,(H,22,24). The summed E-state index contributed by atoms with van der Waals surface area (Å²) in [6, 6.07) is 12.7. The zero-order chi connectivity index (χ0) is 21.9. The van der Waals surface area contributed by atoms with Gasteiger partial charge in [-0.3, -0.25) is 4.79 Å². The van der Waals surface area contributed by atoms with Crippen LogP contribution in [-0.2, 0) is 19.6 Å². The molecule has 0 atom stereocenters. The number of halogens is 1. The minimum absolute atomic E-state index is 0.0663. The van der Waals surface area contributed by atoms with E-state index in [2.05, 4.69) is 5.32 Å². The highest BCUT2D eigenvalue weighted by Gasteiger charge is 2.25. The molecule has 1 heterocycles. The lowest BCUT2D eigenvalue weighted by atomic mass is 10.2. The van der Waals surface area contributed by atoms with E-state index < -0.39 is 21.9 Å². The Kier molecular flexibility index (Phi) is 6.77. The van der Waals surface area contributed by atoms with Crippen molar-refractivity contribution in [2.75, 3.05) is 25.5 Å². The summed E-state index contributed by atoms with van der Waals surface area (Å²) in [5, 5.41) is 3.91. The Balaban J connectivity index is 1.74. The van der Waals surface area contributed by atoms with E-state index in [-0.39, 0.29) is 18.0 Å². The molecule has 1 N–H and O–H groups in total. The summed E-state index contributed by atoms with van der Waals surface area (Å²) in [7, 11) is -2.52. The molecule has 0 aliphatic heterocycles. The molecule has 0 spiro atoms. The van der Waals surface area contributed by atoms with Gasteiger partial charge in [-0.25, -0.2) is 13.2 Å². The maximum atomic E-state index is 12.8. The normalized spacial score (nSPS) is 11.6. The summed E-state index contributed by atoms with van der Waals surface area (Å²) in [6.07, 6.45) is 0. The molecule has 0 fully saturated rings. The van der Waals surface area contributed by atoms with Gasteiger partial charge >= 0.3 is 5.97 Å². The third-order valence-electron chi connectivity index (χ3n) is 4.31. The van der Waals surface area contributed by atoms with E-state index in [1.165, 1.54) is 42.7 Å². The average molecular weight is 467 g/mol. The maximum Gasteiger partial charge on any atom is 0.348 e. The third kappa shape index (κ3) is 4.81. The Morgan fingerprint density at radius 1 is 1.13 bits per heavy atom. The molecule has 0 aliphatic carbocycles. The molecule has 7 nitrogen and oxygen atoms in total. The van der Waals surface area contributed by atoms with Crippen molar-refractivity contribution in [3.8, 4) is 0 Å². The fourth-order valence-corrected chi connectivity index (χ4v) is 5.30. The average Bonchev–Trinajstić information content (AvgIpc) is 3.15. The molecule has 3 aromatic rings. The first kappa shape index (κ1) is 22.2. The highest BCUT2D eigenvalue weighted by molar-refractivity contribution is 7.89. The summed E-state index contributed by atoms with van der Waals surface area (Å²) in [4.78, 5) is 24.7. The maximum absolute atomic E-state index is 12.8. The predicted molar refractivity (Wildman–Crippen MR) is 118 cm³/mol. The first-order chi connectivity index (χ1) is 14.2. The summed E-state index contributed by atoms with van der Waals surface area (Å²) in [6.45, 7) is 1.45. The van der Waals surface area contributed by atoms with E-state index in [0.717, 1.165) is 14.4 Å². The smallest absolute Gasteiger partial charge is 0.348 e. The SMILES string of the molecule is CCN(CC(=O)Nc1ccc2sc(C(=O)OC)cc2c1)S(=O)(=O)c1ccc(Cl)cc1. The van der Waals surface area contributed by atoms with Crippen molar-refractivity contribution in [2.24, 2.45) is 0 Å². The Hall–Kier alpha value is -2.46. The van der Waals surface area contributed by atoms with Gasteiger partial charge in [0, 0.05) is 22.0 Å². The first-order valence-electron chi connectivity index (χ1n) is 8.92. The molecular formula is C20H19ClN2O5S2. The van der Waals surface area contributed by atoms with Crippen molar-refractivity contribution < 1.29 is 22.7 Å². The highest BCUT2D eigenvalue weighted by atomic mass is 35.5. The Bertz CT molecular complexity index is 1190. The van der Waals surface area contributed by atoms with E-state index in [1.54, 1.807) is 31.2 Å². The zero-order valence-corrected chi connectivity index (χ0v) is 18.6. The van der Waals surface area contributed by atoms with Crippen LogP contribution >= 0.6 is 22.9 Å². The van der Waals surface area contributed by atoms with Crippen LogP contribution in [0.1, 0.15) is 16.6 Å². The number of amides is 1. The molecule has 2 aromatic carbocycles. The van der Waals surface area contributed by atoms with E-state index in [0.29, 0.717) is 15.6 Å². The Morgan fingerprint density at radius 2 is 1.83 bits per heavy atom. The predicted octanol–water partition coefficient (Wildman–Crippen LogP) is 3.99. The molecule has 158 valence electrons. The highest BCUT2D eigenvalue weighted by Crippen LogP contribution is 2.28. The number of benzene rings is 2. The van der Waals surface area contributed by atoms with Gasteiger partial charge in [-0.2, -0.15) is 4.31 Å². The van der Waals surface area contributed by atoms with Gasteiger partial charge in [0.2, 0.25) is 15.9 Å². The fraction of sp³-hybridized carbons (Fsp3) is 0.200. The summed E-state index contributed by atoms with van der Waals surface area (Å²) in [5.41, 5.74) is 0.502. The zero-order valence-electron chi connectivity index (χ0n) is 16.2. The second-order valence-corrected chi connectivity index (χ2v) is 9.75. The van der Waals surface area contributed by atoms with Crippen LogP contribution in [0.15, 0.2) is 53.4 Å². The van der Waals surface area contributed by atoms with Gasteiger partial charge in [0.05, 0.1) is 18.6 Å². The van der Waals surface area contributed by atoms with Crippen LogP contribution in [0.25, 0.3) is 10.1 Å². The van der Waals surface area contributed by atoms with Crippen LogP contribution < -0.4 is 5.32 Å². The van der Waals surface area contributed by atoms with E-state index >= 15 is 0 Å². The van der Waals surface area contributed by atoms with Crippen LogP contribution in [0, 0.1) is 0 Å². The molecular weight excluding hydrogens is 448 g/mol. The molecule has 0 unspecified atom stereocenters. The molecule has 3 rings (SSSR count). The third-order valence-corrected chi connectivity index (χ3v) is 7.59. The molecule has 0 saturated heterocycles. The van der Waals surface area contributed by atoms with Crippen LogP contribution in [0.5, 0.6) is 0 Å². The van der Waals surface area contributed by atoms with Crippen molar-refractivity contribution in [3.63, 3.8) is 0 Å². The second-order valence-electron chi connectivity index (χ2n) is 6.29. The molecule has 1 aromatic heterocycles. The Labute approximate surface area is 183 Å². The minimum atomic E-state index is -3.83. The minimum Gasteiger partial charge on any atom is -0.465 e. The number of carbonyl (C=O) groups excluding carboxylic acids is 2. The summed E-state index contributed by atoms with van der Waals surface area (Å²) >= 11 is 7.11. The summed E-state index contributed by atoms with van der Waals surface area (Å²) < 4.78 is 32.3. The lowest BCUT2D eigenvalue weighted by Crippen LogP contribution is -2.37.